The summed E-state index contributed by atoms with van der Waals surface area (Å²) >= 11 is 0. The van der Waals surface area contributed by atoms with E-state index >= 15 is 0 Å². The van der Waals surface area contributed by atoms with Crippen molar-refractivity contribution in [2.24, 2.45) is 0 Å². The lowest BCUT2D eigenvalue weighted by Crippen LogP contribution is -2.24. The molecule has 0 aliphatic carbocycles. The molecule has 5 nitrogen and oxygen atoms in total. The van der Waals surface area contributed by atoms with Crippen LogP contribution in [0.3, 0.4) is 0 Å². The molecule has 6 heteroatoms. The zero-order valence-corrected chi connectivity index (χ0v) is 8.17. The highest BCUT2D eigenvalue weighted by atomic mass is 19.1. The van der Waals surface area contributed by atoms with E-state index in [1.165, 1.54) is 12.1 Å². The molecule has 0 fully saturated rings. The van der Waals surface area contributed by atoms with Gasteiger partial charge in [0.15, 0.2) is 0 Å². The van der Waals surface area contributed by atoms with Crippen molar-refractivity contribution >= 4 is 5.97 Å². The Morgan fingerprint density at radius 1 is 1.38 bits per heavy atom. The van der Waals surface area contributed by atoms with Gasteiger partial charge in [-0.25, -0.2) is 9.18 Å². The van der Waals surface area contributed by atoms with Crippen LogP contribution in [0.15, 0.2) is 18.2 Å². The number of carbonyl (C=O) groups is 1. The van der Waals surface area contributed by atoms with E-state index in [0.29, 0.717) is 0 Å². The van der Waals surface area contributed by atoms with E-state index < -0.39 is 36.2 Å². The number of rotatable bonds is 4. The number of aromatic carboxylic acids is 1. The highest BCUT2D eigenvalue weighted by Crippen LogP contribution is 2.23. The van der Waals surface area contributed by atoms with Crippen molar-refractivity contribution in [1.29, 1.82) is 0 Å². The van der Waals surface area contributed by atoms with Crippen LogP contribution in [0.1, 0.15) is 22.0 Å². The monoisotopic (exact) mass is 230 g/mol. The Labute approximate surface area is 90.4 Å². The van der Waals surface area contributed by atoms with E-state index in [-0.39, 0.29) is 5.56 Å². The van der Waals surface area contributed by atoms with Crippen molar-refractivity contribution in [3.8, 4) is 0 Å². The standard InChI is InChI=1S/C10H11FO5/c11-6-3-1-2-5(8(6)10(15)16)9(14)7(13)4-12/h1-3,7,9,12-14H,4H2,(H,15,16). The smallest absolute Gasteiger partial charge is 0.339 e. The van der Waals surface area contributed by atoms with Gasteiger partial charge in [-0.1, -0.05) is 12.1 Å². The lowest BCUT2D eigenvalue weighted by atomic mass is 9.98. The summed E-state index contributed by atoms with van der Waals surface area (Å²) in [6, 6.07) is 3.32. The molecule has 0 saturated heterocycles. The molecule has 1 aromatic carbocycles. The minimum Gasteiger partial charge on any atom is -0.478 e. The number of benzene rings is 1. The van der Waals surface area contributed by atoms with Crippen molar-refractivity contribution in [2.45, 2.75) is 12.2 Å². The second-order valence-corrected chi connectivity index (χ2v) is 3.20. The largest absolute Gasteiger partial charge is 0.478 e. The predicted molar refractivity (Wildman–Crippen MR) is 51.4 cm³/mol. The molecular weight excluding hydrogens is 219 g/mol. The molecule has 0 radical (unpaired) electrons. The molecule has 1 rings (SSSR count). The number of carboxylic acids is 1. The average Bonchev–Trinajstić information content (AvgIpc) is 2.26. The lowest BCUT2D eigenvalue weighted by Gasteiger charge is -2.17. The molecule has 0 amide bonds. The molecule has 0 aromatic heterocycles. The van der Waals surface area contributed by atoms with E-state index in [0.717, 1.165) is 6.07 Å². The molecule has 0 spiro atoms. The second-order valence-electron chi connectivity index (χ2n) is 3.20. The third-order valence-electron chi connectivity index (χ3n) is 2.13. The highest BCUT2D eigenvalue weighted by Gasteiger charge is 2.25. The molecule has 0 aliphatic heterocycles. The van der Waals surface area contributed by atoms with Gasteiger partial charge >= 0.3 is 5.97 Å². The summed E-state index contributed by atoms with van der Waals surface area (Å²) in [5.74, 6) is -2.55. The predicted octanol–water partition coefficient (Wildman–Crippen LogP) is -0.0895. The minimum absolute atomic E-state index is 0.269. The van der Waals surface area contributed by atoms with Crippen LogP contribution in [0.4, 0.5) is 4.39 Å². The number of halogens is 1. The van der Waals surface area contributed by atoms with Crippen LogP contribution in [-0.4, -0.2) is 39.1 Å². The summed E-state index contributed by atoms with van der Waals surface area (Å²) < 4.78 is 13.2. The van der Waals surface area contributed by atoms with Crippen LogP contribution in [0.5, 0.6) is 0 Å². The number of aliphatic hydroxyl groups is 3. The Hall–Kier alpha value is -1.50. The van der Waals surface area contributed by atoms with E-state index in [9.17, 15) is 14.3 Å². The van der Waals surface area contributed by atoms with Gasteiger partial charge in [-0.15, -0.1) is 0 Å². The molecule has 2 atom stereocenters. The Bertz CT molecular complexity index is 393. The zero-order chi connectivity index (χ0) is 12.3. The summed E-state index contributed by atoms with van der Waals surface area (Å²) in [7, 11) is 0. The summed E-state index contributed by atoms with van der Waals surface area (Å²) in [5.41, 5.74) is -0.975. The summed E-state index contributed by atoms with van der Waals surface area (Å²) in [5, 5.41) is 36.0. The third-order valence-corrected chi connectivity index (χ3v) is 2.13. The minimum atomic E-state index is -1.65. The number of carboxylic acid groups (broad SMARTS) is 1. The normalized spacial score (nSPS) is 14.5. The first-order valence-corrected chi connectivity index (χ1v) is 4.47. The van der Waals surface area contributed by atoms with Gasteiger partial charge in [-0.2, -0.15) is 0 Å². The van der Waals surface area contributed by atoms with Crippen LogP contribution in [-0.2, 0) is 0 Å². The Morgan fingerprint density at radius 2 is 2.00 bits per heavy atom. The van der Waals surface area contributed by atoms with Gasteiger partial charge in [-0.3, -0.25) is 0 Å². The van der Waals surface area contributed by atoms with E-state index in [4.69, 9.17) is 15.3 Å². The molecule has 2 unspecified atom stereocenters. The van der Waals surface area contributed by atoms with Crippen LogP contribution in [0.2, 0.25) is 0 Å². The Morgan fingerprint density at radius 3 is 2.50 bits per heavy atom. The fraction of sp³-hybridized carbons (Fsp3) is 0.300. The topological polar surface area (TPSA) is 98.0 Å². The van der Waals surface area contributed by atoms with Crippen molar-refractivity contribution in [3.63, 3.8) is 0 Å². The highest BCUT2D eigenvalue weighted by molar-refractivity contribution is 5.89. The number of hydrogen-bond donors (Lipinski definition) is 4. The van der Waals surface area contributed by atoms with Gasteiger partial charge in [0, 0.05) is 5.56 Å². The molecule has 0 saturated carbocycles. The zero-order valence-electron chi connectivity index (χ0n) is 8.17. The maximum Gasteiger partial charge on any atom is 0.339 e. The molecule has 4 N–H and O–H groups in total. The average molecular weight is 230 g/mol. The molecule has 1 aromatic rings. The Kier molecular flexibility index (Phi) is 3.94. The van der Waals surface area contributed by atoms with E-state index in [1.807, 2.05) is 0 Å². The van der Waals surface area contributed by atoms with E-state index in [1.54, 1.807) is 0 Å². The SMILES string of the molecule is O=C(O)c1c(F)cccc1C(O)C(O)CO. The van der Waals surface area contributed by atoms with Gasteiger partial charge in [-0.05, 0) is 6.07 Å². The molecule has 0 bridgehead atoms. The molecule has 16 heavy (non-hydrogen) atoms. The third kappa shape index (κ3) is 2.35. The Balaban J connectivity index is 3.22. The van der Waals surface area contributed by atoms with Crippen molar-refractivity contribution < 1.29 is 29.6 Å². The van der Waals surface area contributed by atoms with Crippen LogP contribution in [0, 0.1) is 5.82 Å². The molecular formula is C10H11FO5. The van der Waals surface area contributed by atoms with Gasteiger partial charge in [0.1, 0.15) is 23.6 Å². The molecule has 0 heterocycles. The number of aliphatic hydroxyl groups excluding tert-OH is 3. The first-order chi connectivity index (χ1) is 7.49. The first kappa shape index (κ1) is 12.6. The van der Waals surface area contributed by atoms with Gasteiger partial charge < -0.3 is 20.4 Å². The van der Waals surface area contributed by atoms with Crippen molar-refractivity contribution in [2.75, 3.05) is 6.61 Å². The van der Waals surface area contributed by atoms with Crippen LogP contribution >= 0.6 is 0 Å². The van der Waals surface area contributed by atoms with E-state index in [2.05, 4.69) is 0 Å². The van der Waals surface area contributed by atoms with Crippen molar-refractivity contribution in [1.82, 2.24) is 0 Å². The second kappa shape index (κ2) is 5.02. The van der Waals surface area contributed by atoms with Crippen LogP contribution in [0.25, 0.3) is 0 Å². The molecule has 0 aliphatic rings. The number of hydrogen-bond acceptors (Lipinski definition) is 4. The van der Waals surface area contributed by atoms with Crippen molar-refractivity contribution in [3.05, 3.63) is 35.1 Å². The van der Waals surface area contributed by atoms with Gasteiger partial charge in [0.25, 0.3) is 0 Å². The fourth-order valence-electron chi connectivity index (χ4n) is 1.32. The first-order valence-electron chi connectivity index (χ1n) is 4.47. The maximum absolute atomic E-state index is 13.2. The summed E-state index contributed by atoms with van der Waals surface area (Å²) in [6.07, 6.45) is -3.20. The summed E-state index contributed by atoms with van der Waals surface area (Å²) in [6.45, 7) is -0.753. The lowest BCUT2D eigenvalue weighted by molar-refractivity contribution is -0.0159. The van der Waals surface area contributed by atoms with Crippen LogP contribution < -0.4 is 0 Å². The molecule has 88 valence electrons. The van der Waals surface area contributed by atoms with Gasteiger partial charge in [0.2, 0.25) is 0 Å². The van der Waals surface area contributed by atoms with Gasteiger partial charge in [0.05, 0.1) is 6.61 Å². The fourth-order valence-corrected chi connectivity index (χ4v) is 1.32. The quantitative estimate of drug-likeness (QED) is 0.579. The maximum atomic E-state index is 13.2. The summed E-state index contributed by atoms with van der Waals surface area (Å²) in [4.78, 5) is 10.8.